The van der Waals surface area contributed by atoms with E-state index in [1.54, 1.807) is 13.2 Å². The van der Waals surface area contributed by atoms with Crippen molar-refractivity contribution in [2.75, 3.05) is 13.7 Å². The minimum Gasteiger partial charge on any atom is -0.493 e. The van der Waals surface area contributed by atoms with Gasteiger partial charge in [-0.1, -0.05) is 82.4 Å². The van der Waals surface area contributed by atoms with Gasteiger partial charge in [0.05, 0.1) is 23.4 Å². The van der Waals surface area contributed by atoms with Crippen LogP contribution in [-0.2, 0) is 6.42 Å². The third kappa shape index (κ3) is 4.36. The van der Waals surface area contributed by atoms with Crippen molar-refractivity contribution in [3.63, 3.8) is 0 Å². The van der Waals surface area contributed by atoms with Crippen molar-refractivity contribution in [1.82, 2.24) is 4.57 Å². The maximum atomic E-state index is 13.9. The lowest BCUT2D eigenvalue weighted by molar-refractivity contribution is 0.326. The van der Waals surface area contributed by atoms with Crippen LogP contribution in [0.2, 0.25) is 0 Å². The highest BCUT2D eigenvalue weighted by molar-refractivity contribution is 9.10. The average Bonchev–Trinajstić information content (AvgIpc) is 3.25. The summed E-state index contributed by atoms with van der Waals surface area (Å²) >= 11 is 4.97. The number of thiazole rings is 1. The Hall–Kier alpha value is -3.68. The topological polar surface area (TPSA) is 52.8 Å². The average molecular weight is 586 g/mol. The molecule has 1 aliphatic carbocycles. The molecule has 3 aromatic carbocycles. The van der Waals surface area contributed by atoms with E-state index in [-0.39, 0.29) is 11.6 Å². The van der Waals surface area contributed by atoms with Crippen LogP contribution in [0.25, 0.3) is 11.8 Å². The van der Waals surface area contributed by atoms with Crippen LogP contribution in [0.15, 0.2) is 99.2 Å². The molecule has 0 saturated carbocycles. The van der Waals surface area contributed by atoms with Crippen LogP contribution in [0, 0.1) is 0 Å². The van der Waals surface area contributed by atoms with Crippen LogP contribution in [-0.4, -0.2) is 18.3 Å². The maximum Gasteiger partial charge on any atom is 0.271 e. The van der Waals surface area contributed by atoms with Gasteiger partial charge in [0.1, 0.15) is 6.61 Å². The molecular weight excluding hydrogens is 560 g/mol. The van der Waals surface area contributed by atoms with Gasteiger partial charge in [-0.25, -0.2) is 4.99 Å². The number of halogens is 1. The Morgan fingerprint density at radius 1 is 1.11 bits per heavy atom. The number of benzene rings is 3. The van der Waals surface area contributed by atoms with E-state index >= 15 is 0 Å². The van der Waals surface area contributed by atoms with E-state index in [0.29, 0.717) is 27.4 Å². The molecule has 6 rings (SSSR count). The second-order valence-electron chi connectivity index (χ2n) is 9.18. The fraction of sp³-hybridized carbons (Fsp3) is 0.161. The molecule has 7 heteroatoms. The molecule has 0 bridgehead atoms. The Balaban J connectivity index is 1.53. The number of hydrogen-bond acceptors (Lipinski definition) is 5. The molecule has 0 spiro atoms. The zero-order valence-corrected chi connectivity index (χ0v) is 23.2. The molecule has 38 heavy (non-hydrogen) atoms. The Morgan fingerprint density at radius 3 is 2.71 bits per heavy atom. The molecule has 0 N–H and O–H groups in total. The van der Waals surface area contributed by atoms with Crippen molar-refractivity contribution < 1.29 is 9.47 Å². The van der Waals surface area contributed by atoms with Crippen molar-refractivity contribution in [1.29, 1.82) is 0 Å². The largest absolute Gasteiger partial charge is 0.493 e. The summed E-state index contributed by atoms with van der Waals surface area (Å²) in [5.74, 6) is 1.24. The smallest absolute Gasteiger partial charge is 0.271 e. The molecular formula is C31H25BrN2O3S. The highest BCUT2D eigenvalue weighted by atomic mass is 79.9. The number of allylic oxidation sites excluding steroid dienone is 1. The number of methoxy groups -OCH3 is 1. The van der Waals surface area contributed by atoms with Crippen LogP contribution >= 0.6 is 27.3 Å². The second kappa shape index (κ2) is 10.2. The van der Waals surface area contributed by atoms with E-state index in [9.17, 15) is 4.79 Å². The molecule has 0 saturated heterocycles. The monoisotopic (exact) mass is 584 g/mol. The van der Waals surface area contributed by atoms with Gasteiger partial charge in [-0.2, -0.15) is 0 Å². The first-order valence-corrected chi connectivity index (χ1v) is 14.0. The van der Waals surface area contributed by atoms with Gasteiger partial charge >= 0.3 is 0 Å². The van der Waals surface area contributed by atoms with Crippen molar-refractivity contribution in [3.8, 4) is 11.5 Å². The lowest BCUT2D eigenvalue weighted by atomic mass is 9.83. The van der Waals surface area contributed by atoms with E-state index in [0.717, 1.165) is 39.7 Å². The second-order valence-corrected chi connectivity index (χ2v) is 11.1. The van der Waals surface area contributed by atoms with E-state index in [1.807, 2.05) is 41.0 Å². The maximum absolute atomic E-state index is 13.9. The summed E-state index contributed by atoms with van der Waals surface area (Å²) in [5.41, 5.74) is 6.54. The fourth-order valence-corrected chi connectivity index (χ4v) is 6.43. The summed E-state index contributed by atoms with van der Waals surface area (Å²) < 4.78 is 14.7. The van der Waals surface area contributed by atoms with Crippen LogP contribution in [0.5, 0.6) is 11.5 Å². The molecule has 2 aliphatic rings. The minimum absolute atomic E-state index is 0.0435. The minimum atomic E-state index is -0.200. The summed E-state index contributed by atoms with van der Waals surface area (Å²) in [7, 11) is 1.61. The fourth-order valence-electron chi connectivity index (χ4n) is 5.16. The Kier molecular flexibility index (Phi) is 6.64. The molecule has 0 amide bonds. The third-order valence-corrected chi connectivity index (χ3v) is 8.41. The van der Waals surface area contributed by atoms with Gasteiger partial charge in [0.15, 0.2) is 16.3 Å². The quantitative estimate of drug-likeness (QED) is 0.275. The summed E-state index contributed by atoms with van der Waals surface area (Å²) in [6.07, 6.45) is 5.39. The van der Waals surface area contributed by atoms with Gasteiger partial charge in [0.25, 0.3) is 5.56 Å². The standard InChI is InChI=1S/C31H25BrN2O3S/c1-3-16-37-25-15-8-19(17-26(25)36-2)18-27-30(35)34-29(21-9-12-22(32)13-10-21)24-14-11-20-6-4-5-7-23(20)28(24)33-31(34)38-27/h3-10,12-13,15,17-18,29H,1,11,14,16H2,2H3/b27-18+/t29-/m1/s1. The summed E-state index contributed by atoms with van der Waals surface area (Å²) in [6, 6.07) is 22.2. The molecule has 0 radical (unpaired) electrons. The van der Waals surface area contributed by atoms with Gasteiger partial charge in [0.2, 0.25) is 0 Å². The predicted octanol–water partition coefficient (Wildman–Crippen LogP) is 5.65. The normalized spacial score (nSPS) is 16.3. The molecule has 1 aromatic heterocycles. The van der Waals surface area contributed by atoms with Crippen LogP contribution in [0.1, 0.15) is 34.7 Å². The number of aryl methyl sites for hydroxylation is 1. The lowest BCUT2D eigenvalue weighted by Crippen LogP contribution is -2.38. The lowest BCUT2D eigenvalue weighted by Gasteiger charge is -2.30. The van der Waals surface area contributed by atoms with E-state index < -0.39 is 0 Å². The van der Waals surface area contributed by atoms with Gasteiger partial charge in [-0.05, 0) is 65.4 Å². The molecule has 0 fully saturated rings. The molecule has 4 aromatic rings. The van der Waals surface area contributed by atoms with Crippen LogP contribution in [0.3, 0.4) is 0 Å². The molecule has 1 aliphatic heterocycles. The first-order valence-electron chi connectivity index (χ1n) is 12.4. The number of hydrogen-bond donors (Lipinski definition) is 0. The van der Waals surface area contributed by atoms with Crippen molar-refractivity contribution in [2.45, 2.75) is 18.9 Å². The predicted molar refractivity (Wildman–Crippen MR) is 156 cm³/mol. The van der Waals surface area contributed by atoms with Gasteiger partial charge in [-0.3, -0.25) is 9.36 Å². The highest BCUT2D eigenvalue weighted by Gasteiger charge is 2.32. The Labute approximate surface area is 232 Å². The van der Waals surface area contributed by atoms with E-state index in [1.165, 1.54) is 22.5 Å². The number of nitrogens with zero attached hydrogens (tertiary/aromatic N) is 2. The van der Waals surface area contributed by atoms with Gasteiger partial charge in [-0.15, -0.1) is 0 Å². The number of ether oxygens (including phenoxy) is 2. The number of aromatic nitrogens is 1. The summed E-state index contributed by atoms with van der Waals surface area (Å²) in [5, 5.41) is 0. The number of rotatable bonds is 6. The molecule has 5 nitrogen and oxygen atoms in total. The zero-order chi connectivity index (χ0) is 26.2. The zero-order valence-electron chi connectivity index (χ0n) is 20.8. The molecule has 190 valence electrons. The molecule has 2 heterocycles. The SMILES string of the molecule is C=CCOc1ccc(/C=c2/sc3n(c2=O)[C@H](c2ccc(Br)cc2)C2=C(N=3)c3ccccc3CC2)cc1OC. The highest BCUT2D eigenvalue weighted by Crippen LogP contribution is 2.41. The number of fused-ring (bicyclic) bond motifs is 3. The molecule has 1 atom stereocenters. The van der Waals surface area contributed by atoms with E-state index in [4.69, 9.17) is 14.5 Å². The van der Waals surface area contributed by atoms with Crippen molar-refractivity contribution >= 4 is 39.0 Å². The van der Waals surface area contributed by atoms with Crippen molar-refractivity contribution in [3.05, 3.63) is 131 Å². The Bertz CT molecular complexity index is 1770. The molecule has 0 unspecified atom stereocenters. The van der Waals surface area contributed by atoms with Crippen molar-refractivity contribution in [2.24, 2.45) is 4.99 Å². The summed E-state index contributed by atoms with van der Waals surface area (Å²) in [6.45, 7) is 4.08. The van der Waals surface area contributed by atoms with Gasteiger partial charge in [0, 0.05) is 10.0 Å². The van der Waals surface area contributed by atoms with Gasteiger partial charge < -0.3 is 9.47 Å². The van der Waals surface area contributed by atoms with Crippen LogP contribution < -0.4 is 24.4 Å². The first-order chi connectivity index (χ1) is 18.6. The summed E-state index contributed by atoms with van der Waals surface area (Å²) in [4.78, 5) is 19.7. The Morgan fingerprint density at radius 2 is 1.92 bits per heavy atom. The van der Waals surface area contributed by atoms with Crippen LogP contribution in [0.4, 0.5) is 0 Å². The van der Waals surface area contributed by atoms with E-state index in [2.05, 4.69) is 58.9 Å². The third-order valence-electron chi connectivity index (χ3n) is 6.90. The first kappa shape index (κ1) is 24.6.